The molecule has 0 fully saturated rings. The van der Waals surface area contributed by atoms with Crippen LogP contribution in [0.3, 0.4) is 0 Å². The Kier molecular flexibility index (Phi) is 4.66. The number of rotatable bonds is 4. The molecule has 6 heteroatoms. The van der Waals surface area contributed by atoms with E-state index in [1.807, 2.05) is 34.6 Å². The first kappa shape index (κ1) is 15.9. The smallest absolute Gasteiger partial charge is 0.323 e. The van der Waals surface area contributed by atoms with E-state index in [2.05, 4.69) is 20.1 Å². The summed E-state index contributed by atoms with van der Waals surface area (Å²) in [5.41, 5.74) is -0.468. The van der Waals surface area contributed by atoms with Crippen molar-refractivity contribution in [3.63, 3.8) is 0 Å². The summed E-state index contributed by atoms with van der Waals surface area (Å²) >= 11 is 0. The Hall–Kier alpha value is -1.43. The summed E-state index contributed by atoms with van der Waals surface area (Å²) in [6.07, 6.45) is 3.32. The van der Waals surface area contributed by atoms with Gasteiger partial charge in [-0.3, -0.25) is 10.1 Å². The summed E-state index contributed by atoms with van der Waals surface area (Å²) in [5, 5.41) is 11.8. The van der Waals surface area contributed by atoms with Crippen LogP contribution in [0.4, 0.5) is 0 Å². The second kappa shape index (κ2) is 6.13. The summed E-state index contributed by atoms with van der Waals surface area (Å²) in [6.45, 7) is 10.4. The van der Waals surface area contributed by atoms with E-state index in [-0.39, 0.29) is 18.1 Å². The molecule has 0 bridgehead atoms. The number of ether oxygens (including phenoxy) is 1. The fourth-order valence-electron chi connectivity index (χ4n) is 2.56. The molecule has 0 aliphatic carbocycles. The van der Waals surface area contributed by atoms with E-state index in [1.165, 1.54) is 6.42 Å². The highest BCUT2D eigenvalue weighted by Gasteiger charge is 2.26. The van der Waals surface area contributed by atoms with Gasteiger partial charge in [0.2, 0.25) is 0 Å². The van der Waals surface area contributed by atoms with Gasteiger partial charge in [0.25, 0.3) is 0 Å². The largest absolute Gasteiger partial charge is 0.459 e. The van der Waals surface area contributed by atoms with Crippen LogP contribution in [0.5, 0.6) is 0 Å². The molecular formula is C15H26N4O2. The van der Waals surface area contributed by atoms with Crippen molar-refractivity contribution in [2.75, 3.05) is 0 Å². The van der Waals surface area contributed by atoms with Gasteiger partial charge in [0.1, 0.15) is 23.3 Å². The van der Waals surface area contributed by atoms with Crippen molar-refractivity contribution in [3.8, 4) is 0 Å². The van der Waals surface area contributed by atoms with Crippen molar-refractivity contribution < 1.29 is 9.53 Å². The van der Waals surface area contributed by atoms with Gasteiger partial charge in [-0.05, 0) is 47.5 Å². The zero-order valence-corrected chi connectivity index (χ0v) is 13.6. The van der Waals surface area contributed by atoms with Gasteiger partial charge in [-0.1, -0.05) is 0 Å². The van der Waals surface area contributed by atoms with Gasteiger partial charge in [-0.2, -0.15) is 0 Å². The number of nitrogens with one attached hydrogen (secondary N) is 1. The molecular weight excluding hydrogens is 268 g/mol. The molecule has 21 heavy (non-hydrogen) atoms. The molecule has 1 aromatic rings. The van der Waals surface area contributed by atoms with Gasteiger partial charge in [0.15, 0.2) is 0 Å². The first-order valence-corrected chi connectivity index (χ1v) is 7.69. The van der Waals surface area contributed by atoms with Gasteiger partial charge in [0, 0.05) is 13.0 Å². The van der Waals surface area contributed by atoms with Crippen molar-refractivity contribution in [1.29, 1.82) is 0 Å². The summed E-state index contributed by atoms with van der Waals surface area (Å²) in [5.74, 6) is 1.71. The van der Waals surface area contributed by atoms with E-state index >= 15 is 0 Å². The Morgan fingerprint density at radius 1 is 1.29 bits per heavy atom. The van der Waals surface area contributed by atoms with Crippen LogP contribution in [0.2, 0.25) is 0 Å². The lowest BCUT2D eigenvalue weighted by Crippen LogP contribution is -2.41. The average Bonchev–Trinajstić information content (AvgIpc) is 2.80. The van der Waals surface area contributed by atoms with Gasteiger partial charge in [-0.25, -0.2) is 0 Å². The third kappa shape index (κ3) is 4.03. The molecule has 0 aromatic carbocycles. The van der Waals surface area contributed by atoms with Crippen LogP contribution < -0.4 is 5.32 Å². The van der Waals surface area contributed by atoms with Crippen molar-refractivity contribution in [1.82, 2.24) is 20.1 Å². The molecule has 0 unspecified atom stereocenters. The Labute approximate surface area is 126 Å². The van der Waals surface area contributed by atoms with Crippen LogP contribution in [0.1, 0.15) is 65.2 Å². The highest BCUT2D eigenvalue weighted by molar-refractivity contribution is 5.75. The van der Waals surface area contributed by atoms with Crippen molar-refractivity contribution in [2.45, 2.75) is 78.1 Å². The average molecular weight is 294 g/mol. The molecule has 1 aliphatic rings. The molecule has 0 amide bonds. The maximum absolute atomic E-state index is 12.0. The Bertz CT molecular complexity index is 504. The Morgan fingerprint density at radius 3 is 2.67 bits per heavy atom. The lowest BCUT2D eigenvalue weighted by atomic mass is 10.1. The highest BCUT2D eigenvalue weighted by atomic mass is 16.6. The van der Waals surface area contributed by atoms with Crippen molar-refractivity contribution in [3.05, 3.63) is 11.6 Å². The first-order valence-electron chi connectivity index (χ1n) is 7.69. The number of carbonyl (C=O) groups is 1. The van der Waals surface area contributed by atoms with Gasteiger partial charge in [-0.15, -0.1) is 10.2 Å². The highest BCUT2D eigenvalue weighted by Crippen LogP contribution is 2.19. The number of aromatic nitrogens is 3. The molecule has 0 radical (unpaired) electrons. The minimum Gasteiger partial charge on any atom is -0.459 e. The molecule has 1 aliphatic heterocycles. The first-order chi connectivity index (χ1) is 9.78. The number of hydrogen-bond donors (Lipinski definition) is 1. The number of aryl methyl sites for hydroxylation is 1. The van der Waals surface area contributed by atoms with Crippen LogP contribution in [0.15, 0.2) is 0 Å². The van der Waals surface area contributed by atoms with Gasteiger partial charge in [0.05, 0.1) is 6.04 Å². The molecule has 2 heterocycles. The van der Waals surface area contributed by atoms with E-state index in [0.29, 0.717) is 0 Å². The normalized spacial score (nSPS) is 18.0. The van der Waals surface area contributed by atoms with Gasteiger partial charge >= 0.3 is 5.97 Å². The van der Waals surface area contributed by atoms with Crippen LogP contribution in [-0.4, -0.2) is 32.4 Å². The third-order valence-electron chi connectivity index (χ3n) is 3.54. The number of hydrogen-bond acceptors (Lipinski definition) is 5. The Morgan fingerprint density at radius 2 is 2.00 bits per heavy atom. The second-order valence-electron chi connectivity index (χ2n) is 6.73. The molecule has 2 atom stereocenters. The molecule has 6 nitrogen and oxygen atoms in total. The maximum Gasteiger partial charge on any atom is 0.323 e. The minimum absolute atomic E-state index is 0.0353. The van der Waals surface area contributed by atoms with Gasteiger partial charge < -0.3 is 9.30 Å². The molecule has 0 spiro atoms. The summed E-state index contributed by atoms with van der Waals surface area (Å²) in [4.78, 5) is 12.0. The van der Waals surface area contributed by atoms with Crippen LogP contribution in [-0.2, 0) is 22.5 Å². The molecule has 1 N–H and O–H groups in total. The minimum atomic E-state index is -0.468. The van der Waals surface area contributed by atoms with E-state index in [4.69, 9.17) is 4.74 Å². The molecule has 0 saturated heterocycles. The van der Waals surface area contributed by atoms with E-state index in [0.717, 1.165) is 31.0 Å². The van der Waals surface area contributed by atoms with Crippen molar-refractivity contribution >= 4 is 5.97 Å². The summed E-state index contributed by atoms with van der Waals surface area (Å²) in [7, 11) is 0. The summed E-state index contributed by atoms with van der Waals surface area (Å²) < 4.78 is 7.56. The predicted molar refractivity (Wildman–Crippen MR) is 79.8 cm³/mol. The van der Waals surface area contributed by atoms with Crippen LogP contribution in [0, 0.1) is 0 Å². The Balaban J connectivity index is 1.99. The SMILES string of the molecule is C[C@H](N[C@@H](C)c1nnc2n1CCCC2)C(=O)OC(C)(C)C. The van der Waals surface area contributed by atoms with E-state index < -0.39 is 5.60 Å². The third-order valence-corrected chi connectivity index (χ3v) is 3.54. The number of esters is 1. The maximum atomic E-state index is 12.0. The second-order valence-corrected chi connectivity index (χ2v) is 6.73. The lowest BCUT2D eigenvalue weighted by molar-refractivity contribution is -0.157. The fourth-order valence-corrected chi connectivity index (χ4v) is 2.56. The van der Waals surface area contributed by atoms with Crippen LogP contribution >= 0.6 is 0 Å². The standard InChI is InChI=1S/C15H26N4O2/c1-10(16-11(2)14(20)21-15(3,4)5)13-18-17-12-8-6-7-9-19(12)13/h10-11,16H,6-9H2,1-5H3/t10-,11-/m0/s1. The molecule has 118 valence electrons. The topological polar surface area (TPSA) is 69.0 Å². The van der Waals surface area contributed by atoms with E-state index in [1.54, 1.807) is 0 Å². The molecule has 1 aromatic heterocycles. The summed E-state index contributed by atoms with van der Waals surface area (Å²) in [6, 6.07) is -0.414. The molecule has 2 rings (SSSR count). The predicted octanol–water partition coefficient (Wildman–Crippen LogP) is 2.00. The fraction of sp³-hybridized carbons (Fsp3) is 0.800. The monoisotopic (exact) mass is 294 g/mol. The van der Waals surface area contributed by atoms with Crippen molar-refractivity contribution in [2.24, 2.45) is 0 Å². The quantitative estimate of drug-likeness (QED) is 0.860. The van der Waals surface area contributed by atoms with Crippen LogP contribution in [0.25, 0.3) is 0 Å². The lowest BCUT2D eigenvalue weighted by Gasteiger charge is -2.25. The zero-order chi connectivity index (χ0) is 15.6. The molecule has 0 saturated carbocycles. The van der Waals surface area contributed by atoms with E-state index in [9.17, 15) is 4.79 Å². The number of nitrogens with zero attached hydrogens (tertiary/aromatic N) is 3. The number of fused-ring (bicyclic) bond motifs is 1. The number of carbonyl (C=O) groups excluding carboxylic acids is 1. The zero-order valence-electron chi connectivity index (χ0n) is 13.6.